The Kier molecular flexibility index (Phi) is 6.47. The van der Waals surface area contributed by atoms with Crippen LogP contribution < -0.4 is 5.32 Å². The maximum atomic E-state index is 13.7. The van der Waals surface area contributed by atoms with Gasteiger partial charge in [-0.05, 0) is 66.8 Å². The Morgan fingerprint density at radius 3 is 2.54 bits per heavy atom. The number of nitrogens with zero attached hydrogens (tertiary/aromatic N) is 3. The van der Waals surface area contributed by atoms with Crippen molar-refractivity contribution in [3.63, 3.8) is 0 Å². The van der Waals surface area contributed by atoms with E-state index in [0.29, 0.717) is 12.0 Å². The molecule has 2 amide bonds. The van der Waals surface area contributed by atoms with Crippen molar-refractivity contribution in [3.8, 4) is 0 Å². The van der Waals surface area contributed by atoms with Gasteiger partial charge in [-0.1, -0.05) is 37.3 Å². The molecule has 1 aliphatic carbocycles. The highest BCUT2D eigenvalue weighted by Gasteiger charge is 2.51. The molecule has 0 bridgehead atoms. The number of amides is 2. The fourth-order valence-electron chi connectivity index (χ4n) is 6.85. The molecule has 6 nitrogen and oxygen atoms in total. The van der Waals surface area contributed by atoms with Crippen LogP contribution in [-0.2, 0) is 23.2 Å². The van der Waals surface area contributed by atoms with E-state index < -0.39 is 0 Å². The molecule has 3 heterocycles. The molecule has 2 fully saturated rings. The molecule has 0 radical (unpaired) electrons. The summed E-state index contributed by atoms with van der Waals surface area (Å²) in [5.74, 6) is 0.782. The second kappa shape index (κ2) is 9.79. The molecule has 37 heavy (non-hydrogen) atoms. The summed E-state index contributed by atoms with van der Waals surface area (Å²) < 4.78 is 0. The summed E-state index contributed by atoms with van der Waals surface area (Å²) in [5.41, 5.74) is 6.29. The first-order chi connectivity index (χ1) is 17.9. The van der Waals surface area contributed by atoms with Gasteiger partial charge in [-0.3, -0.25) is 14.5 Å². The number of nitrogens with one attached hydrogen (secondary N) is 1. The van der Waals surface area contributed by atoms with Crippen LogP contribution >= 0.6 is 0 Å². The van der Waals surface area contributed by atoms with Crippen LogP contribution in [0.3, 0.4) is 0 Å². The number of rotatable bonds is 6. The van der Waals surface area contributed by atoms with Crippen LogP contribution in [0.5, 0.6) is 0 Å². The first-order valence-corrected chi connectivity index (χ1v) is 14.2. The maximum Gasteiger partial charge on any atom is 0.254 e. The van der Waals surface area contributed by atoms with Crippen molar-refractivity contribution in [1.29, 1.82) is 0 Å². The minimum atomic E-state index is 0.159. The normalized spacial score (nSPS) is 21.9. The van der Waals surface area contributed by atoms with E-state index in [1.165, 1.54) is 29.5 Å². The fourth-order valence-corrected chi connectivity index (χ4v) is 6.85. The number of hydrogen-bond acceptors (Lipinski definition) is 4. The van der Waals surface area contributed by atoms with E-state index in [-0.39, 0.29) is 17.2 Å². The predicted molar refractivity (Wildman–Crippen MR) is 147 cm³/mol. The van der Waals surface area contributed by atoms with Crippen LogP contribution in [0.1, 0.15) is 66.6 Å². The Labute approximate surface area is 221 Å². The van der Waals surface area contributed by atoms with Crippen molar-refractivity contribution in [1.82, 2.24) is 14.7 Å². The molecular formula is C31H40N4O2. The van der Waals surface area contributed by atoms with Gasteiger partial charge in [0.25, 0.3) is 5.91 Å². The monoisotopic (exact) mass is 500 g/mol. The number of hydrogen-bond donors (Lipinski definition) is 1. The number of carbonyl (C=O) groups excluding carboxylic acids is 2. The summed E-state index contributed by atoms with van der Waals surface area (Å²) in [6.07, 6.45) is 5.36. The molecular weight excluding hydrogens is 460 g/mol. The SMILES string of the molecule is CC(=O)N1CCC(Nc2ccc3c(c2)C(=O)N(CC(C)CN2CCc4ccccc4C2)CC32CC2)CC1. The van der Waals surface area contributed by atoms with Crippen LogP contribution in [0.25, 0.3) is 0 Å². The van der Waals surface area contributed by atoms with Crippen LogP contribution in [0.2, 0.25) is 0 Å². The van der Waals surface area contributed by atoms with Gasteiger partial charge in [0.15, 0.2) is 0 Å². The van der Waals surface area contributed by atoms with Gasteiger partial charge in [-0.25, -0.2) is 0 Å². The lowest BCUT2D eigenvalue weighted by atomic mass is 9.85. The van der Waals surface area contributed by atoms with Crippen molar-refractivity contribution in [2.45, 2.75) is 64.0 Å². The van der Waals surface area contributed by atoms with Gasteiger partial charge in [0, 0.05) is 75.4 Å². The first-order valence-electron chi connectivity index (χ1n) is 14.2. The van der Waals surface area contributed by atoms with Crippen molar-refractivity contribution in [2.24, 2.45) is 5.92 Å². The van der Waals surface area contributed by atoms with E-state index in [4.69, 9.17) is 0 Å². The number of piperidine rings is 1. The third kappa shape index (κ3) is 5.00. The standard InChI is InChI=1S/C31H40N4O2/c1-22(18-33-14-9-24-5-3-4-6-25(24)20-33)19-35-21-31(12-13-31)29-8-7-27(17-28(29)30(35)37)32-26-10-15-34(16-11-26)23(2)36/h3-8,17,22,26,32H,9-16,18-21H2,1-2H3. The van der Waals surface area contributed by atoms with E-state index in [2.05, 4.69) is 64.5 Å². The van der Waals surface area contributed by atoms with Crippen LogP contribution in [0.15, 0.2) is 42.5 Å². The topological polar surface area (TPSA) is 55.9 Å². The number of fused-ring (bicyclic) bond motifs is 3. The van der Waals surface area contributed by atoms with Gasteiger partial charge in [-0.15, -0.1) is 0 Å². The smallest absolute Gasteiger partial charge is 0.254 e. The molecule has 1 unspecified atom stereocenters. The van der Waals surface area contributed by atoms with Crippen molar-refractivity contribution in [2.75, 3.05) is 44.6 Å². The summed E-state index contributed by atoms with van der Waals surface area (Å²) in [6, 6.07) is 15.6. The Balaban J connectivity index is 1.11. The Hall–Kier alpha value is -2.86. The van der Waals surface area contributed by atoms with Gasteiger partial charge < -0.3 is 15.1 Å². The molecule has 4 aliphatic rings. The van der Waals surface area contributed by atoms with E-state index in [1.54, 1.807) is 6.92 Å². The Morgan fingerprint density at radius 2 is 1.81 bits per heavy atom. The van der Waals surface area contributed by atoms with E-state index in [0.717, 1.165) is 76.3 Å². The highest BCUT2D eigenvalue weighted by Crippen LogP contribution is 2.52. The third-order valence-corrected chi connectivity index (χ3v) is 9.08. The summed E-state index contributed by atoms with van der Waals surface area (Å²) >= 11 is 0. The summed E-state index contributed by atoms with van der Waals surface area (Å²) in [4.78, 5) is 32.0. The van der Waals surface area contributed by atoms with Crippen molar-refractivity contribution in [3.05, 3.63) is 64.7 Å². The Bertz CT molecular complexity index is 1180. The second-order valence-corrected chi connectivity index (χ2v) is 12.0. The van der Waals surface area contributed by atoms with Crippen LogP contribution in [0.4, 0.5) is 5.69 Å². The molecule has 2 aromatic carbocycles. The molecule has 2 aromatic rings. The van der Waals surface area contributed by atoms with E-state index in [9.17, 15) is 9.59 Å². The van der Waals surface area contributed by atoms with Gasteiger partial charge >= 0.3 is 0 Å². The highest BCUT2D eigenvalue weighted by atomic mass is 16.2. The zero-order valence-corrected chi connectivity index (χ0v) is 22.3. The molecule has 1 spiro atoms. The minimum absolute atomic E-state index is 0.159. The maximum absolute atomic E-state index is 13.7. The highest BCUT2D eigenvalue weighted by molar-refractivity contribution is 5.98. The Morgan fingerprint density at radius 1 is 1.05 bits per heavy atom. The van der Waals surface area contributed by atoms with Gasteiger partial charge in [0.1, 0.15) is 0 Å². The molecule has 0 aromatic heterocycles. The lowest BCUT2D eigenvalue weighted by Gasteiger charge is -2.38. The van der Waals surface area contributed by atoms with Crippen molar-refractivity contribution >= 4 is 17.5 Å². The third-order valence-electron chi connectivity index (χ3n) is 9.08. The zero-order valence-electron chi connectivity index (χ0n) is 22.3. The second-order valence-electron chi connectivity index (χ2n) is 12.0. The number of benzene rings is 2. The summed E-state index contributed by atoms with van der Waals surface area (Å²) in [5, 5.41) is 3.66. The molecule has 1 N–H and O–H groups in total. The molecule has 6 heteroatoms. The van der Waals surface area contributed by atoms with E-state index >= 15 is 0 Å². The first kappa shape index (κ1) is 24.5. The van der Waals surface area contributed by atoms with Crippen LogP contribution in [0, 0.1) is 5.92 Å². The molecule has 1 saturated carbocycles. The average Bonchev–Trinajstić information content (AvgIpc) is 3.67. The van der Waals surface area contributed by atoms with E-state index in [1.807, 2.05) is 4.90 Å². The number of carbonyl (C=O) groups is 2. The molecule has 196 valence electrons. The molecule has 3 aliphatic heterocycles. The van der Waals surface area contributed by atoms with Crippen molar-refractivity contribution < 1.29 is 9.59 Å². The predicted octanol–water partition coefficient (Wildman–Crippen LogP) is 4.29. The van der Waals surface area contributed by atoms with Crippen LogP contribution in [-0.4, -0.2) is 71.8 Å². The molecule has 6 rings (SSSR count). The lowest BCUT2D eigenvalue weighted by molar-refractivity contribution is -0.129. The molecule has 1 saturated heterocycles. The number of likely N-dealkylation sites (tertiary alicyclic amines) is 1. The van der Waals surface area contributed by atoms with Gasteiger partial charge in [0.2, 0.25) is 5.91 Å². The minimum Gasteiger partial charge on any atom is -0.382 e. The van der Waals surface area contributed by atoms with Gasteiger partial charge in [-0.2, -0.15) is 0 Å². The van der Waals surface area contributed by atoms with Gasteiger partial charge in [0.05, 0.1) is 0 Å². The number of anilines is 1. The zero-order chi connectivity index (χ0) is 25.6. The lowest BCUT2D eigenvalue weighted by Crippen LogP contribution is -2.47. The summed E-state index contributed by atoms with van der Waals surface area (Å²) in [6.45, 7) is 10.4. The average molecular weight is 501 g/mol. The molecule has 1 atom stereocenters. The quantitative estimate of drug-likeness (QED) is 0.643. The summed E-state index contributed by atoms with van der Waals surface area (Å²) in [7, 11) is 0. The largest absolute Gasteiger partial charge is 0.382 e. The fraction of sp³-hybridized carbons (Fsp3) is 0.548.